The third-order valence-electron chi connectivity index (χ3n) is 6.64. The molecule has 6 rings (SSSR count). The van der Waals surface area contributed by atoms with E-state index in [2.05, 4.69) is 31.9 Å². The van der Waals surface area contributed by atoms with Gasteiger partial charge in [0.15, 0.2) is 23.1 Å². The summed E-state index contributed by atoms with van der Waals surface area (Å²) in [4.78, 5) is 30.8. The molecule has 5 aromatic rings. The van der Waals surface area contributed by atoms with Gasteiger partial charge in [-0.2, -0.15) is 5.10 Å². The SMILES string of the molecule is C=CC(=O)N1CC=C(c2ccc3ncnc(Nc4c(F)cc(Oc5ccn6ncnc6c5)c(C)c4F)c3n2)CC1. The molecule has 4 aromatic heterocycles. The normalized spacial score (nSPS) is 13.4. The summed E-state index contributed by atoms with van der Waals surface area (Å²) in [6.07, 6.45) is 8.15. The fraction of sp³-hybridized carbons (Fsp3) is 0.143. The van der Waals surface area contributed by atoms with Gasteiger partial charge in [-0.1, -0.05) is 12.7 Å². The van der Waals surface area contributed by atoms with E-state index in [1.54, 1.807) is 33.8 Å². The molecule has 12 heteroatoms. The molecule has 0 saturated carbocycles. The molecule has 0 unspecified atom stereocenters. The lowest BCUT2D eigenvalue weighted by molar-refractivity contribution is -0.125. The number of amides is 1. The van der Waals surface area contributed by atoms with Crippen molar-refractivity contribution in [3.63, 3.8) is 0 Å². The van der Waals surface area contributed by atoms with Crippen LogP contribution in [0.25, 0.3) is 22.3 Å². The van der Waals surface area contributed by atoms with Crippen LogP contribution in [0.2, 0.25) is 0 Å². The third kappa shape index (κ3) is 4.59. The summed E-state index contributed by atoms with van der Waals surface area (Å²) in [6.45, 7) is 5.99. The van der Waals surface area contributed by atoms with Gasteiger partial charge in [-0.3, -0.25) is 4.79 Å². The fourth-order valence-electron chi connectivity index (χ4n) is 4.46. The van der Waals surface area contributed by atoms with Gasteiger partial charge < -0.3 is 15.0 Å². The van der Waals surface area contributed by atoms with Crippen LogP contribution in [0.3, 0.4) is 0 Å². The third-order valence-corrected chi connectivity index (χ3v) is 6.64. The lowest BCUT2D eigenvalue weighted by Gasteiger charge is -2.25. The van der Waals surface area contributed by atoms with Gasteiger partial charge in [0, 0.05) is 37.0 Å². The Hall–Kier alpha value is -5.26. The van der Waals surface area contributed by atoms with Crippen molar-refractivity contribution < 1.29 is 18.3 Å². The lowest BCUT2D eigenvalue weighted by atomic mass is 10.0. The Bertz CT molecular complexity index is 1830. The molecule has 10 nitrogen and oxygen atoms in total. The number of hydrogen-bond acceptors (Lipinski definition) is 8. The van der Waals surface area contributed by atoms with Crippen LogP contribution < -0.4 is 10.1 Å². The Labute approximate surface area is 226 Å². The summed E-state index contributed by atoms with van der Waals surface area (Å²) in [5.41, 5.74) is 2.71. The van der Waals surface area contributed by atoms with Crippen LogP contribution in [0.4, 0.5) is 20.3 Å². The molecule has 1 aromatic carbocycles. The highest BCUT2D eigenvalue weighted by Gasteiger charge is 2.21. The van der Waals surface area contributed by atoms with E-state index in [1.807, 2.05) is 12.1 Å². The van der Waals surface area contributed by atoms with Crippen LogP contribution in [0.15, 0.2) is 67.9 Å². The minimum atomic E-state index is -0.869. The molecule has 0 bridgehead atoms. The molecule has 0 radical (unpaired) electrons. The lowest BCUT2D eigenvalue weighted by Crippen LogP contribution is -2.33. The second-order valence-corrected chi connectivity index (χ2v) is 9.08. The van der Waals surface area contributed by atoms with Crippen LogP contribution >= 0.6 is 0 Å². The van der Waals surface area contributed by atoms with Gasteiger partial charge in [0.2, 0.25) is 5.91 Å². The number of ether oxygens (including phenoxy) is 1. The van der Waals surface area contributed by atoms with E-state index in [-0.39, 0.29) is 28.7 Å². The van der Waals surface area contributed by atoms with Crippen molar-refractivity contribution in [1.29, 1.82) is 0 Å². The second kappa shape index (κ2) is 10.1. The van der Waals surface area contributed by atoms with Crippen LogP contribution in [0.5, 0.6) is 11.5 Å². The first kappa shape index (κ1) is 25.0. The topological polar surface area (TPSA) is 110 Å². The van der Waals surface area contributed by atoms with E-state index >= 15 is 8.78 Å². The maximum atomic E-state index is 15.5. The summed E-state index contributed by atoms with van der Waals surface area (Å²) in [6, 6.07) is 7.94. The number of benzene rings is 1. The summed E-state index contributed by atoms with van der Waals surface area (Å²) >= 11 is 0. The fourth-order valence-corrected chi connectivity index (χ4v) is 4.46. The molecule has 0 spiro atoms. The van der Waals surface area contributed by atoms with Crippen molar-refractivity contribution in [3.05, 3.63) is 90.8 Å². The Morgan fingerprint density at radius 1 is 1.15 bits per heavy atom. The van der Waals surface area contributed by atoms with E-state index in [1.165, 1.54) is 25.7 Å². The number of carbonyl (C=O) groups excluding carboxylic acids is 1. The Kier molecular flexibility index (Phi) is 6.34. The number of nitrogens with one attached hydrogen (secondary N) is 1. The van der Waals surface area contributed by atoms with Crippen molar-refractivity contribution in [2.45, 2.75) is 13.3 Å². The number of carbonyl (C=O) groups is 1. The van der Waals surface area contributed by atoms with Crippen molar-refractivity contribution >= 4 is 39.7 Å². The molecule has 1 aliphatic heterocycles. The highest BCUT2D eigenvalue weighted by molar-refractivity contribution is 5.89. The number of rotatable bonds is 6. The predicted octanol–water partition coefficient (Wildman–Crippen LogP) is 4.99. The second-order valence-electron chi connectivity index (χ2n) is 9.08. The van der Waals surface area contributed by atoms with Crippen LogP contribution in [-0.2, 0) is 4.79 Å². The molecule has 40 heavy (non-hydrogen) atoms. The van der Waals surface area contributed by atoms with Gasteiger partial charge in [-0.25, -0.2) is 33.2 Å². The Balaban J connectivity index is 1.30. The van der Waals surface area contributed by atoms with Gasteiger partial charge in [0.25, 0.3) is 0 Å². The van der Waals surface area contributed by atoms with Crippen molar-refractivity contribution in [1.82, 2.24) is 34.4 Å². The van der Waals surface area contributed by atoms with Gasteiger partial charge in [-0.15, -0.1) is 0 Å². The summed E-state index contributed by atoms with van der Waals surface area (Å²) < 4.78 is 38.1. The van der Waals surface area contributed by atoms with Crippen molar-refractivity contribution in [2.75, 3.05) is 18.4 Å². The Morgan fingerprint density at radius 2 is 2.02 bits per heavy atom. The van der Waals surface area contributed by atoms with E-state index < -0.39 is 11.6 Å². The van der Waals surface area contributed by atoms with Gasteiger partial charge in [0.05, 0.1) is 11.2 Å². The van der Waals surface area contributed by atoms with Gasteiger partial charge in [0.1, 0.15) is 35.4 Å². The van der Waals surface area contributed by atoms with E-state index in [0.29, 0.717) is 47.6 Å². The monoisotopic (exact) mass is 540 g/mol. The quantitative estimate of drug-likeness (QED) is 0.300. The number of nitrogens with zero attached hydrogens (tertiary/aromatic N) is 7. The number of halogens is 2. The van der Waals surface area contributed by atoms with E-state index in [9.17, 15) is 4.79 Å². The van der Waals surface area contributed by atoms with Crippen molar-refractivity contribution in [2.24, 2.45) is 0 Å². The first-order valence-corrected chi connectivity index (χ1v) is 12.4. The molecule has 0 aliphatic carbocycles. The predicted molar refractivity (Wildman–Crippen MR) is 144 cm³/mol. The zero-order valence-electron chi connectivity index (χ0n) is 21.3. The van der Waals surface area contributed by atoms with Crippen LogP contribution in [-0.4, -0.2) is 53.4 Å². The first-order valence-electron chi connectivity index (χ1n) is 12.4. The smallest absolute Gasteiger partial charge is 0.246 e. The molecular formula is C28H22F2N8O2. The van der Waals surface area contributed by atoms with Crippen LogP contribution in [0.1, 0.15) is 17.7 Å². The molecular weight excluding hydrogens is 518 g/mol. The first-order chi connectivity index (χ1) is 19.4. The van der Waals surface area contributed by atoms with Gasteiger partial charge in [-0.05, 0) is 43.2 Å². The molecule has 0 fully saturated rings. The minimum absolute atomic E-state index is 0.0191. The van der Waals surface area contributed by atoms with Crippen molar-refractivity contribution in [3.8, 4) is 11.5 Å². The molecule has 1 N–H and O–H groups in total. The summed E-state index contributed by atoms with van der Waals surface area (Å²) in [5, 5.41) is 6.79. The number of anilines is 2. The molecule has 5 heterocycles. The average Bonchev–Trinajstić information content (AvgIpc) is 3.45. The number of pyridine rings is 2. The van der Waals surface area contributed by atoms with Gasteiger partial charge >= 0.3 is 0 Å². The molecule has 200 valence electrons. The zero-order valence-corrected chi connectivity index (χ0v) is 21.3. The maximum Gasteiger partial charge on any atom is 0.246 e. The van der Waals surface area contributed by atoms with Crippen LogP contribution in [0, 0.1) is 18.6 Å². The van der Waals surface area contributed by atoms with E-state index in [0.717, 1.165) is 11.6 Å². The molecule has 0 atom stereocenters. The maximum absolute atomic E-state index is 15.5. The summed E-state index contributed by atoms with van der Waals surface area (Å²) in [7, 11) is 0. The Morgan fingerprint density at radius 3 is 2.83 bits per heavy atom. The highest BCUT2D eigenvalue weighted by Crippen LogP contribution is 2.35. The summed E-state index contributed by atoms with van der Waals surface area (Å²) in [5.74, 6) is -1.31. The highest BCUT2D eigenvalue weighted by atomic mass is 19.1. The van der Waals surface area contributed by atoms with E-state index in [4.69, 9.17) is 9.72 Å². The average molecular weight is 541 g/mol. The molecule has 0 saturated heterocycles. The zero-order chi connectivity index (χ0) is 27.8. The molecule has 1 aliphatic rings. The largest absolute Gasteiger partial charge is 0.457 e. The number of hydrogen-bond donors (Lipinski definition) is 1. The minimum Gasteiger partial charge on any atom is -0.457 e. The molecule has 1 amide bonds. The number of fused-ring (bicyclic) bond motifs is 2. The number of aromatic nitrogens is 6. The standard InChI is InChI=1S/C28H22F2N8O2/c1-3-24(39)37-9-6-17(7-10-37)20-4-5-21-27(35-20)28(33-14-31-21)36-26-19(29)13-22(16(2)25(26)30)40-18-8-11-38-23(12-18)32-15-34-38/h3-6,8,11-15H,1,7,9-10H2,2H3,(H,31,33,36).